The second-order valence-corrected chi connectivity index (χ2v) is 15.2. The standard InChI is InChI=1S/2C8F17.O.Sn/c2*9-1(3(12,13)14)2(10,11)4(15,16)5(17,18)6(19,20)7(21,22)8(23,24)25;;. The summed E-state index contributed by atoms with van der Waals surface area (Å²) < 4.78 is 445. The molecule has 0 aromatic carbocycles. The van der Waals surface area contributed by atoms with Gasteiger partial charge in [0.1, 0.15) is 0 Å². The van der Waals surface area contributed by atoms with E-state index in [1.807, 2.05) is 0 Å². The molecule has 312 valence electrons. The molecule has 36 heteroatoms. The van der Waals surface area contributed by atoms with Crippen molar-refractivity contribution in [2.45, 2.75) is 91.3 Å². The van der Waals surface area contributed by atoms with Gasteiger partial charge < -0.3 is 0 Å². The summed E-state index contributed by atoms with van der Waals surface area (Å²) in [6.45, 7) is 0. The molecule has 2 unspecified atom stereocenters. The molecule has 0 radical (unpaired) electrons. The molecule has 0 fully saturated rings. The van der Waals surface area contributed by atoms with Crippen molar-refractivity contribution in [1.82, 2.24) is 0 Å². The topological polar surface area (TPSA) is 17.1 Å². The fraction of sp³-hybridized carbons (Fsp3) is 1.00. The van der Waals surface area contributed by atoms with E-state index in [9.17, 15) is 152 Å². The Morgan fingerprint density at radius 1 is 0.192 bits per heavy atom. The zero-order chi connectivity index (χ0) is 43.6. The summed E-state index contributed by atoms with van der Waals surface area (Å²) in [5, 5.41) is 0. The van der Waals surface area contributed by atoms with E-state index in [1.165, 1.54) is 0 Å². The van der Waals surface area contributed by atoms with E-state index in [2.05, 4.69) is 0 Å². The van der Waals surface area contributed by atoms with Gasteiger partial charge in [0, 0.05) is 0 Å². The van der Waals surface area contributed by atoms with Gasteiger partial charge in [0.15, 0.2) is 0 Å². The SMILES string of the molecule is [O]=[Sn]([C](F)(C(F)(F)F)C(F)(F)C(F)(F)C(F)(F)C(F)(F)C(F)(F)C(F)(F)F)[C](F)(C(F)(F)F)C(F)(F)C(F)(F)C(F)(F)C(F)(F)C(F)(F)C(F)(F)F. The Hall–Kier alpha value is -1.78. The zero-order valence-electron chi connectivity index (χ0n) is 21.8. The molecule has 0 heterocycles. The molecule has 0 aliphatic heterocycles. The normalized spacial score (nSPS) is 19.0. The number of hydrogen-bond acceptors (Lipinski definition) is 1. The molecule has 0 rings (SSSR count). The summed E-state index contributed by atoms with van der Waals surface area (Å²) in [5.41, 5.74) is 0. The summed E-state index contributed by atoms with van der Waals surface area (Å²) in [5.74, 6) is -97.6. The van der Waals surface area contributed by atoms with Gasteiger partial charge in [-0.15, -0.1) is 0 Å². The first-order chi connectivity index (χ1) is 21.7. The molecule has 0 aliphatic rings. The van der Waals surface area contributed by atoms with Gasteiger partial charge in [-0.3, -0.25) is 0 Å². The first-order valence-electron chi connectivity index (χ1n) is 10.6. The Morgan fingerprint density at radius 3 is 0.462 bits per heavy atom. The van der Waals surface area contributed by atoms with Crippen molar-refractivity contribution in [3.05, 3.63) is 0 Å². The van der Waals surface area contributed by atoms with Crippen LogP contribution in [-0.2, 0) is 3.08 Å². The Balaban J connectivity index is 8.48. The van der Waals surface area contributed by atoms with Gasteiger partial charge in [0.2, 0.25) is 0 Å². The quantitative estimate of drug-likeness (QED) is 0.141. The van der Waals surface area contributed by atoms with E-state index < -0.39 is 111 Å². The molecule has 0 aliphatic carbocycles. The Labute approximate surface area is 264 Å². The average Bonchev–Trinajstić information content (AvgIpc) is 2.87. The zero-order valence-corrected chi connectivity index (χ0v) is 24.6. The van der Waals surface area contributed by atoms with Crippen LogP contribution >= 0.6 is 0 Å². The Kier molecular flexibility index (Phi) is 11.7. The summed E-state index contributed by atoms with van der Waals surface area (Å²) in [7, 11) is 0. The van der Waals surface area contributed by atoms with E-state index in [0.29, 0.717) is 0 Å². The van der Waals surface area contributed by atoms with E-state index in [4.69, 9.17) is 0 Å². The van der Waals surface area contributed by atoms with Gasteiger partial charge in [0.25, 0.3) is 0 Å². The van der Waals surface area contributed by atoms with Gasteiger partial charge >= 0.3 is 263 Å². The van der Waals surface area contributed by atoms with Crippen LogP contribution in [0.5, 0.6) is 0 Å². The van der Waals surface area contributed by atoms with Crippen LogP contribution < -0.4 is 0 Å². The molecule has 0 amide bonds. The molecular weight excluding hydrogens is 973 g/mol. The van der Waals surface area contributed by atoms with Crippen LogP contribution in [0, 0.1) is 0 Å². The molecule has 0 N–H and O–H groups in total. The van der Waals surface area contributed by atoms with Crippen molar-refractivity contribution in [2.24, 2.45) is 0 Å². The van der Waals surface area contributed by atoms with Gasteiger partial charge in [-0.1, -0.05) is 0 Å². The van der Waals surface area contributed by atoms with E-state index >= 15 is 0 Å². The second-order valence-electron chi connectivity index (χ2n) is 9.38. The first kappa shape index (κ1) is 50.2. The number of hydrogen-bond donors (Lipinski definition) is 0. The predicted molar refractivity (Wildman–Crippen MR) is 87.8 cm³/mol. The summed E-state index contributed by atoms with van der Waals surface area (Å²) >= 11 is -11.9. The maximum absolute atomic E-state index is 14.7. The number of alkyl halides is 34. The maximum atomic E-state index is 14.7. The van der Waals surface area contributed by atoms with Gasteiger partial charge in [0.05, 0.1) is 0 Å². The monoisotopic (exact) mass is 974 g/mol. The molecule has 0 bridgehead atoms. The fourth-order valence-electron chi connectivity index (χ4n) is 3.11. The molecule has 52 heavy (non-hydrogen) atoms. The number of halogens is 34. The van der Waals surface area contributed by atoms with Gasteiger partial charge in [-0.2, -0.15) is 0 Å². The molecule has 0 spiro atoms. The van der Waals surface area contributed by atoms with Crippen LogP contribution in [0.3, 0.4) is 0 Å². The van der Waals surface area contributed by atoms with Crippen LogP contribution in [0.15, 0.2) is 0 Å². The van der Waals surface area contributed by atoms with Crippen LogP contribution in [0.1, 0.15) is 0 Å². The molecule has 0 aromatic rings. The van der Waals surface area contributed by atoms with Crippen molar-refractivity contribution >= 4 is 19.7 Å². The summed E-state index contributed by atoms with van der Waals surface area (Å²) in [4.78, 5) is 0. The van der Waals surface area contributed by atoms with Crippen molar-refractivity contribution in [3.8, 4) is 0 Å². The van der Waals surface area contributed by atoms with Gasteiger partial charge in [-0.25, -0.2) is 0 Å². The third-order valence-corrected chi connectivity index (χ3v) is 13.1. The molecule has 0 saturated carbocycles. The van der Waals surface area contributed by atoms with Crippen molar-refractivity contribution < 1.29 is 152 Å². The molecule has 2 atom stereocenters. The average molecular weight is 973 g/mol. The Morgan fingerprint density at radius 2 is 0.327 bits per heavy atom. The minimum atomic E-state index is -11.9. The summed E-state index contributed by atoms with van der Waals surface area (Å²) in [6.07, 6.45) is -36.0. The summed E-state index contributed by atoms with van der Waals surface area (Å²) in [6, 6.07) is 0. The minimum absolute atomic E-state index is 8.49. The van der Waals surface area contributed by atoms with Crippen LogP contribution in [0.4, 0.5) is 149 Å². The third-order valence-electron chi connectivity index (χ3n) is 6.14. The van der Waals surface area contributed by atoms with E-state index in [-0.39, 0.29) is 0 Å². The second kappa shape index (κ2) is 12.1. The van der Waals surface area contributed by atoms with Crippen molar-refractivity contribution in [1.29, 1.82) is 0 Å². The van der Waals surface area contributed by atoms with E-state index in [0.717, 1.165) is 0 Å². The van der Waals surface area contributed by atoms with Crippen molar-refractivity contribution in [3.63, 3.8) is 0 Å². The molecular formula is C16F34OSn. The Bertz CT molecular complexity index is 1240. The predicted octanol–water partition coefficient (Wildman–Crippen LogP) is 10.5. The third kappa shape index (κ3) is 5.79. The molecule has 1 nitrogen and oxygen atoms in total. The molecule has 0 saturated heterocycles. The number of rotatable bonds is 12. The van der Waals surface area contributed by atoms with Crippen LogP contribution in [0.25, 0.3) is 0 Å². The van der Waals surface area contributed by atoms with E-state index in [1.54, 1.807) is 0 Å². The molecule has 0 aromatic heterocycles. The van der Waals surface area contributed by atoms with Gasteiger partial charge in [-0.05, 0) is 0 Å². The first-order valence-corrected chi connectivity index (χ1v) is 14.6. The van der Waals surface area contributed by atoms with Crippen LogP contribution in [-0.4, -0.2) is 111 Å². The fourth-order valence-corrected chi connectivity index (χ4v) is 8.46. The van der Waals surface area contributed by atoms with Crippen molar-refractivity contribution in [2.75, 3.05) is 0 Å². The van der Waals surface area contributed by atoms with Crippen LogP contribution in [0.2, 0.25) is 0 Å².